The second kappa shape index (κ2) is 5.92. The molecule has 0 unspecified atom stereocenters. The number of carbonyl (C=O) groups is 1. The minimum Gasteiger partial charge on any atom is -0.462 e. The molecule has 0 atom stereocenters. The van der Waals surface area contributed by atoms with Crippen LogP contribution in [0.2, 0.25) is 0 Å². The zero-order chi connectivity index (χ0) is 15.6. The molecule has 6 nitrogen and oxygen atoms in total. The lowest BCUT2D eigenvalue weighted by Crippen LogP contribution is -2.48. The summed E-state index contributed by atoms with van der Waals surface area (Å²) in [7, 11) is 0. The minimum atomic E-state index is -0.477. The lowest BCUT2D eigenvalue weighted by molar-refractivity contribution is -0.0275. The molecule has 2 heterocycles. The number of hydrogen-bond donors (Lipinski definition) is 1. The number of hydrogen-bond acceptors (Lipinski definition) is 7. The molecule has 1 aliphatic rings. The Balaban J connectivity index is 2.38. The van der Waals surface area contributed by atoms with Gasteiger partial charge in [-0.2, -0.15) is 5.26 Å². The summed E-state index contributed by atoms with van der Waals surface area (Å²) >= 11 is 1.21. The van der Waals surface area contributed by atoms with Crippen LogP contribution in [0.1, 0.15) is 36.0 Å². The van der Waals surface area contributed by atoms with Crippen molar-refractivity contribution in [3.8, 4) is 6.07 Å². The Hall–Kier alpha value is -1.78. The van der Waals surface area contributed by atoms with E-state index in [-0.39, 0.29) is 17.9 Å². The van der Waals surface area contributed by atoms with E-state index in [1.165, 1.54) is 11.3 Å². The molecule has 0 radical (unpaired) electrons. The average molecular weight is 309 g/mol. The van der Waals surface area contributed by atoms with Crippen LogP contribution >= 0.6 is 11.3 Å². The number of anilines is 2. The number of nitrogen functional groups attached to an aromatic ring is 1. The first kappa shape index (κ1) is 15.6. The van der Waals surface area contributed by atoms with E-state index in [4.69, 9.17) is 15.2 Å². The van der Waals surface area contributed by atoms with E-state index in [9.17, 15) is 10.1 Å². The standard InChI is InChI=1S/C14H19N3O3S/c1-4-19-13(18)11-10(16)9(7-15)12(21-11)17-5-6-20-14(2,3)8-17/h4-6,8,16H2,1-3H3. The van der Waals surface area contributed by atoms with Crippen LogP contribution in [0.3, 0.4) is 0 Å². The number of esters is 1. The molecule has 1 aliphatic heterocycles. The van der Waals surface area contributed by atoms with Gasteiger partial charge >= 0.3 is 5.97 Å². The predicted octanol–water partition coefficient (Wildman–Crippen LogP) is 1.99. The van der Waals surface area contributed by atoms with Crippen molar-refractivity contribution < 1.29 is 14.3 Å². The van der Waals surface area contributed by atoms with Crippen molar-refractivity contribution in [3.63, 3.8) is 0 Å². The molecule has 2 N–H and O–H groups in total. The van der Waals surface area contributed by atoms with Crippen molar-refractivity contribution in [2.24, 2.45) is 0 Å². The molecule has 1 aromatic heterocycles. The van der Waals surface area contributed by atoms with Gasteiger partial charge in [-0.25, -0.2) is 4.79 Å². The third-order valence-electron chi connectivity index (χ3n) is 3.21. The molecule has 1 saturated heterocycles. The monoisotopic (exact) mass is 309 g/mol. The quantitative estimate of drug-likeness (QED) is 0.859. The molecule has 2 rings (SSSR count). The first-order valence-electron chi connectivity index (χ1n) is 6.78. The number of rotatable bonds is 3. The lowest BCUT2D eigenvalue weighted by Gasteiger charge is -2.38. The molecule has 0 amide bonds. The smallest absolute Gasteiger partial charge is 0.350 e. The Kier molecular flexibility index (Phi) is 4.40. The molecule has 0 aromatic carbocycles. The molecular formula is C14H19N3O3S. The lowest BCUT2D eigenvalue weighted by atomic mass is 10.1. The predicted molar refractivity (Wildman–Crippen MR) is 81.6 cm³/mol. The Labute approximate surface area is 128 Å². The highest BCUT2D eigenvalue weighted by Gasteiger charge is 2.32. The number of ether oxygens (including phenoxy) is 2. The molecule has 114 valence electrons. The summed E-state index contributed by atoms with van der Waals surface area (Å²) in [6.45, 7) is 7.88. The maximum atomic E-state index is 11.9. The van der Waals surface area contributed by atoms with Crippen molar-refractivity contribution in [2.75, 3.05) is 36.9 Å². The summed E-state index contributed by atoms with van der Waals surface area (Å²) in [6.07, 6.45) is 0. The molecule has 1 aromatic rings. The Morgan fingerprint density at radius 3 is 2.90 bits per heavy atom. The van der Waals surface area contributed by atoms with Crippen LogP contribution in [0, 0.1) is 11.3 Å². The van der Waals surface area contributed by atoms with E-state index < -0.39 is 5.97 Å². The number of nitrogens with two attached hydrogens (primary N) is 1. The van der Waals surface area contributed by atoms with Gasteiger partial charge < -0.3 is 20.1 Å². The SMILES string of the molecule is CCOC(=O)c1sc(N2CCOC(C)(C)C2)c(C#N)c1N. The first-order valence-corrected chi connectivity index (χ1v) is 7.59. The van der Waals surface area contributed by atoms with Gasteiger partial charge in [0, 0.05) is 13.1 Å². The van der Waals surface area contributed by atoms with E-state index >= 15 is 0 Å². The van der Waals surface area contributed by atoms with Crippen LogP contribution in [0.4, 0.5) is 10.7 Å². The highest BCUT2D eigenvalue weighted by Crippen LogP contribution is 2.39. The molecule has 21 heavy (non-hydrogen) atoms. The van der Waals surface area contributed by atoms with Crippen LogP contribution in [-0.4, -0.2) is 37.9 Å². The summed E-state index contributed by atoms with van der Waals surface area (Å²) in [6, 6.07) is 2.10. The van der Waals surface area contributed by atoms with Crippen LogP contribution in [-0.2, 0) is 9.47 Å². The van der Waals surface area contributed by atoms with Crippen LogP contribution in [0.15, 0.2) is 0 Å². The van der Waals surface area contributed by atoms with Gasteiger partial charge in [-0.1, -0.05) is 0 Å². The van der Waals surface area contributed by atoms with Crippen LogP contribution in [0.5, 0.6) is 0 Å². The van der Waals surface area contributed by atoms with Gasteiger partial charge in [0.1, 0.15) is 21.5 Å². The number of morpholine rings is 1. The Morgan fingerprint density at radius 2 is 2.33 bits per heavy atom. The van der Waals surface area contributed by atoms with Crippen molar-refractivity contribution >= 4 is 28.0 Å². The van der Waals surface area contributed by atoms with E-state index in [0.717, 1.165) is 5.00 Å². The van der Waals surface area contributed by atoms with E-state index in [0.29, 0.717) is 30.1 Å². The maximum absolute atomic E-state index is 11.9. The highest BCUT2D eigenvalue weighted by molar-refractivity contribution is 7.18. The third-order valence-corrected chi connectivity index (χ3v) is 4.46. The van der Waals surface area contributed by atoms with Crippen molar-refractivity contribution in [1.29, 1.82) is 5.26 Å². The van der Waals surface area contributed by atoms with Crippen molar-refractivity contribution in [3.05, 3.63) is 10.4 Å². The van der Waals surface area contributed by atoms with Crippen molar-refractivity contribution in [2.45, 2.75) is 26.4 Å². The van der Waals surface area contributed by atoms with Crippen molar-refractivity contribution in [1.82, 2.24) is 0 Å². The molecule has 0 bridgehead atoms. The zero-order valence-corrected chi connectivity index (χ0v) is 13.2. The molecule has 0 aliphatic carbocycles. The van der Waals surface area contributed by atoms with Gasteiger partial charge in [0.2, 0.25) is 0 Å². The minimum absolute atomic E-state index is 0.209. The summed E-state index contributed by atoms with van der Waals surface area (Å²) in [5.74, 6) is -0.477. The summed E-state index contributed by atoms with van der Waals surface area (Å²) in [5, 5.41) is 10.1. The molecule has 7 heteroatoms. The fourth-order valence-corrected chi connectivity index (χ4v) is 3.39. The van der Waals surface area contributed by atoms with Gasteiger partial charge in [-0.15, -0.1) is 11.3 Å². The number of thiophene rings is 1. The Morgan fingerprint density at radius 1 is 1.62 bits per heavy atom. The highest BCUT2D eigenvalue weighted by atomic mass is 32.1. The summed E-state index contributed by atoms with van der Waals surface area (Å²) in [4.78, 5) is 14.3. The second-order valence-corrected chi connectivity index (χ2v) is 6.39. The van der Waals surface area contributed by atoms with Gasteiger partial charge in [-0.3, -0.25) is 0 Å². The third kappa shape index (κ3) is 3.12. The van der Waals surface area contributed by atoms with E-state index in [2.05, 4.69) is 6.07 Å². The van der Waals surface area contributed by atoms with Gasteiger partial charge in [0.15, 0.2) is 0 Å². The topological polar surface area (TPSA) is 88.6 Å². The number of nitrogens with zero attached hydrogens (tertiary/aromatic N) is 2. The number of carbonyl (C=O) groups excluding carboxylic acids is 1. The molecule has 0 spiro atoms. The molecule has 0 saturated carbocycles. The summed E-state index contributed by atoms with van der Waals surface area (Å²) < 4.78 is 10.7. The summed E-state index contributed by atoms with van der Waals surface area (Å²) in [5.41, 5.74) is 6.21. The average Bonchev–Trinajstić information content (AvgIpc) is 2.75. The normalized spacial score (nSPS) is 17.3. The van der Waals surface area contributed by atoms with E-state index in [1.54, 1.807) is 6.92 Å². The molecular weight excluding hydrogens is 290 g/mol. The van der Waals surface area contributed by atoms with Gasteiger partial charge in [0.05, 0.1) is 24.5 Å². The fraction of sp³-hybridized carbons (Fsp3) is 0.571. The largest absolute Gasteiger partial charge is 0.462 e. The van der Waals surface area contributed by atoms with Gasteiger partial charge in [-0.05, 0) is 20.8 Å². The number of nitriles is 1. The maximum Gasteiger partial charge on any atom is 0.350 e. The molecule has 1 fully saturated rings. The Bertz CT molecular complexity index is 589. The van der Waals surface area contributed by atoms with Crippen LogP contribution in [0.25, 0.3) is 0 Å². The van der Waals surface area contributed by atoms with Crippen LogP contribution < -0.4 is 10.6 Å². The zero-order valence-electron chi connectivity index (χ0n) is 12.4. The van der Waals surface area contributed by atoms with Gasteiger partial charge in [0.25, 0.3) is 0 Å². The first-order chi connectivity index (χ1) is 9.89. The second-order valence-electron chi connectivity index (χ2n) is 5.39. The fourth-order valence-electron chi connectivity index (χ4n) is 2.30. The van der Waals surface area contributed by atoms with E-state index in [1.807, 2.05) is 18.7 Å².